The van der Waals surface area contributed by atoms with Crippen LogP contribution in [0.5, 0.6) is 0 Å². The third kappa shape index (κ3) is 3.45. The highest BCUT2D eigenvalue weighted by Gasteiger charge is 2.15. The average Bonchev–Trinajstić information content (AvgIpc) is 2.91. The number of aromatic nitrogens is 1. The number of anilines is 1. The number of benzene rings is 2. The first-order chi connectivity index (χ1) is 11.1. The molecule has 0 saturated carbocycles. The smallest absolute Gasteiger partial charge is 0.230 e. The van der Waals surface area contributed by atoms with E-state index in [1.54, 1.807) is 19.1 Å². The molecule has 0 aliphatic carbocycles. The molecule has 0 aliphatic heterocycles. The van der Waals surface area contributed by atoms with Gasteiger partial charge >= 0.3 is 0 Å². The van der Waals surface area contributed by atoms with Crippen molar-refractivity contribution in [2.45, 2.75) is 13.3 Å². The monoisotopic (exact) mass is 310 g/mol. The van der Waals surface area contributed by atoms with Crippen LogP contribution in [-0.2, 0) is 11.2 Å². The number of nitrogens with zero attached hydrogens (tertiary/aromatic N) is 1. The molecule has 4 nitrogen and oxygen atoms in total. The van der Waals surface area contributed by atoms with Gasteiger partial charge in [-0.05, 0) is 31.2 Å². The number of carbonyl (C=O) groups excluding carboxylic acids is 1. The van der Waals surface area contributed by atoms with Gasteiger partial charge in [0.05, 0.1) is 17.8 Å². The second-order valence-corrected chi connectivity index (χ2v) is 5.09. The van der Waals surface area contributed by atoms with Crippen molar-refractivity contribution in [1.82, 2.24) is 4.98 Å². The van der Waals surface area contributed by atoms with Gasteiger partial charge in [0.1, 0.15) is 11.6 Å². The van der Waals surface area contributed by atoms with Crippen molar-refractivity contribution in [2.75, 3.05) is 5.32 Å². The van der Waals surface area contributed by atoms with Crippen molar-refractivity contribution in [3.8, 4) is 11.5 Å². The van der Waals surface area contributed by atoms with E-state index < -0.39 is 5.82 Å². The Morgan fingerprint density at radius 1 is 1.13 bits per heavy atom. The van der Waals surface area contributed by atoms with Gasteiger partial charge in [-0.15, -0.1) is 0 Å². The minimum Gasteiger partial charge on any atom is -0.441 e. The maximum absolute atomic E-state index is 13.5. The van der Waals surface area contributed by atoms with E-state index in [1.807, 2.05) is 30.3 Å². The van der Waals surface area contributed by atoms with E-state index in [2.05, 4.69) is 10.3 Å². The Balaban J connectivity index is 1.74. The number of halogens is 1. The predicted molar refractivity (Wildman–Crippen MR) is 85.4 cm³/mol. The van der Waals surface area contributed by atoms with Gasteiger partial charge in [-0.3, -0.25) is 4.79 Å². The first kappa shape index (κ1) is 15.0. The summed E-state index contributed by atoms with van der Waals surface area (Å²) in [6.45, 7) is 1.76. The molecule has 3 aromatic rings. The molecule has 0 atom stereocenters. The Kier molecular flexibility index (Phi) is 4.19. The van der Waals surface area contributed by atoms with Crippen molar-refractivity contribution in [3.63, 3.8) is 0 Å². The zero-order valence-corrected chi connectivity index (χ0v) is 12.5. The van der Waals surface area contributed by atoms with Gasteiger partial charge in [0.25, 0.3) is 0 Å². The molecule has 0 saturated heterocycles. The molecule has 5 heteroatoms. The predicted octanol–water partition coefficient (Wildman–Crippen LogP) is 3.97. The SMILES string of the molecule is Cc1oc(-c2ccccc2)nc1CC(=O)Nc1ccccc1F. The second kappa shape index (κ2) is 6.44. The zero-order chi connectivity index (χ0) is 16.2. The van der Waals surface area contributed by atoms with Gasteiger partial charge in [-0.1, -0.05) is 30.3 Å². The number of aryl methyl sites for hydroxylation is 1. The summed E-state index contributed by atoms with van der Waals surface area (Å²) < 4.78 is 19.2. The molecule has 3 rings (SSSR count). The lowest BCUT2D eigenvalue weighted by atomic mass is 10.2. The Labute approximate surface area is 133 Å². The number of rotatable bonds is 4. The zero-order valence-electron chi connectivity index (χ0n) is 12.5. The first-order valence-electron chi connectivity index (χ1n) is 7.19. The third-order valence-electron chi connectivity index (χ3n) is 3.39. The molecule has 0 radical (unpaired) electrons. The van der Waals surface area contributed by atoms with E-state index in [-0.39, 0.29) is 18.0 Å². The number of hydrogen-bond donors (Lipinski definition) is 1. The first-order valence-corrected chi connectivity index (χ1v) is 7.19. The minimum atomic E-state index is -0.470. The summed E-state index contributed by atoms with van der Waals surface area (Å²) in [4.78, 5) is 16.4. The summed E-state index contributed by atoms with van der Waals surface area (Å²) in [5.74, 6) is 0.234. The number of oxazole rings is 1. The normalized spacial score (nSPS) is 10.5. The lowest BCUT2D eigenvalue weighted by Crippen LogP contribution is -2.16. The van der Waals surface area contributed by atoms with Crippen molar-refractivity contribution < 1.29 is 13.6 Å². The molecule has 0 spiro atoms. The van der Waals surface area contributed by atoms with Gasteiger partial charge in [-0.25, -0.2) is 9.37 Å². The van der Waals surface area contributed by atoms with Crippen LogP contribution in [0.15, 0.2) is 59.0 Å². The maximum Gasteiger partial charge on any atom is 0.230 e. The average molecular weight is 310 g/mol. The fraction of sp³-hybridized carbons (Fsp3) is 0.111. The number of amides is 1. The number of nitrogens with one attached hydrogen (secondary N) is 1. The molecule has 1 amide bonds. The van der Waals surface area contributed by atoms with Crippen LogP contribution in [0.25, 0.3) is 11.5 Å². The topological polar surface area (TPSA) is 55.1 Å². The molecule has 0 unspecified atom stereocenters. The molecule has 2 aromatic carbocycles. The Hall–Kier alpha value is -2.95. The number of para-hydroxylation sites is 1. The van der Waals surface area contributed by atoms with Crippen molar-refractivity contribution >= 4 is 11.6 Å². The van der Waals surface area contributed by atoms with Crippen LogP contribution >= 0.6 is 0 Å². The molecule has 116 valence electrons. The summed E-state index contributed by atoms with van der Waals surface area (Å²) in [6, 6.07) is 15.5. The molecule has 1 heterocycles. The van der Waals surface area contributed by atoms with E-state index >= 15 is 0 Å². The van der Waals surface area contributed by atoms with Gasteiger partial charge in [0, 0.05) is 5.56 Å². The molecule has 1 aromatic heterocycles. The van der Waals surface area contributed by atoms with Crippen LogP contribution in [-0.4, -0.2) is 10.9 Å². The summed E-state index contributed by atoms with van der Waals surface area (Å²) in [7, 11) is 0. The van der Waals surface area contributed by atoms with Crippen LogP contribution in [0, 0.1) is 12.7 Å². The van der Waals surface area contributed by atoms with Crippen LogP contribution < -0.4 is 5.32 Å². The lowest BCUT2D eigenvalue weighted by molar-refractivity contribution is -0.115. The summed E-state index contributed by atoms with van der Waals surface area (Å²) in [6.07, 6.45) is 0.0243. The molecular weight excluding hydrogens is 295 g/mol. The minimum absolute atomic E-state index is 0.0243. The molecule has 0 fully saturated rings. The van der Waals surface area contributed by atoms with Crippen molar-refractivity contribution in [1.29, 1.82) is 0 Å². The fourth-order valence-corrected chi connectivity index (χ4v) is 2.21. The molecule has 23 heavy (non-hydrogen) atoms. The largest absolute Gasteiger partial charge is 0.441 e. The highest BCUT2D eigenvalue weighted by Crippen LogP contribution is 2.22. The standard InChI is InChI=1S/C18H15FN2O2/c1-12-16(21-18(23-12)13-7-3-2-4-8-13)11-17(22)20-15-10-6-5-9-14(15)19/h2-10H,11H2,1H3,(H,20,22). The van der Waals surface area contributed by atoms with Crippen molar-refractivity contribution in [3.05, 3.63) is 71.9 Å². The number of carbonyl (C=O) groups is 1. The van der Waals surface area contributed by atoms with Crippen LogP contribution in [0.2, 0.25) is 0 Å². The quantitative estimate of drug-likeness (QED) is 0.793. The Morgan fingerprint density at radius 2 is 1.83 bits per heavy atom. The molecular formula is C18H15FN2O2. The van der Waals surface area contributed by atoms with Crippen LogP contribution in [0.1, 0.15) is 11.5 Å². The third-order valence-corrected chi connectivity index (χ3v) is 3.39. The van der Waals surface area contributed by atoms with E-state index in [9.17, 15) is 9.18 Å². The van der Waals surface area contributed by atoms with Crippen LogP contribution in [0.4, 0.5) is 10.1 Å². The summed E-state index contributed by atoms with van der Waals surface area (Å²) >= 11 is 0. The van der Waals surface area contributed by atoms with E-state index in [0.29, 0.717) is 17.3 Å². The maximum atomic E-state index is 13.5. The number of hydrogen-bond acceptors (Lipinski definition) is 3. The molecule has 0 aliphatic rings. The van der Waals surface area contributed by atoms with E-state index in [0.717, 1.165) is 5.56 Å². The van der Waals surface area contributed by atoms with Gasteiger partial charge in [0.15, 0.2) is 0 Å². The summed E-state index contributed by atoms with van der Waals surface area (Å²) in [5, 5.41) is 2.54. The van der Waals surface area contributed by atoms with Gasteiger partial charge in [0.2, 0.25) is 11.8 Å². The Morgan fingerprint density at radius 3 is 2.57 bits per heavy atom. The van der Waals surface area contributed by atoms with Gasteiger partial charge < -0.3 is 9.73 Å². The fourth-order valence-electron chi connectivity index (χ4n) is 2.21. The van der Waals surface area contributed by atoms with E-state index in [4.69, 9.17) is 4.42 Å². The highest BCUT2D eigenvalue weighted by atomic mass is 19.1. The molecule has 1 N–H and O–H groups in total. The van der Waals surface area contributed by atoms with E-state index in [1.165, 1.54) is 12.1 Å². The van der Waals surface area contributed by atoms with Crippen molar-refractivity contribution in [2.24, 2.45) is 0 Å². The highest BCUT2D eigenvalue weighted by molar-refractivity contribution is 5.92. The molecule has 0 bridgehead atoms. The second-order valence-electron chi connectivity index (χ2n) is 5.09. The van der Waals surface area contributed by atoms with Crippen LogP contribution in [0.3, 0.4) is 0 Å². The lowest BCUT2D eigenvalue weighted by Gasteiger charge is -2.04. The summed E-state index contributed by atoms with van der Waals surface area (Å²) in [5.41, 5.74) is 1.54. The Bertz CT molecular complexity index is 828. The van der Waals surface area contributed by atoms with Gasteiger partial charge in [-0.2, -0.15) is 0 Å².